The standard InChI is InChI=1S/C30H56NO/c1-5-6-7-8-9-10-11-12-13-14-15-16-17-18-19-20-21-22-26-31(2,3)28-29-24-23-25-30(27-29)32-4/h23-25,27H,5-22,26,28H2,1-4H3/q+1. The van der Waals surface area contributed by atoms with Gasteiger partial charge < -0.3 is 9.22 Å². The Balaban J connectivity index is 1.86. The van der Waals surface area contributed by atoms with Crippen molar-refractivity contribution >= 4 is 0 Å². The van der Waals surface area contributed by atoms with Gasteiger partial charge in [0.25, 0.3) is 0 Å². The minimum absolute atomic E-state index is 0.968. The van der Waals surface area contributed by atoms with E-state index in [4.69, 9.17) is 4.74 Å². The molecule has 0 unspecified atom stereocenters. The molecule has 0 atom stereocenters. The predicted octanol–water partition coefficient (Wildman–Crippen LogP) is 9.31. The van der Waals surface area contributed by atoms with Gasteiger partial charge in [-0.2, -0.15) is 0 Å². The first kappa shape index (κ1) is 29.0. The molecule has 0 aliphatic carbocycles. The molecule has 1 aromatic carbocycles. The summed E-state index contributed by atoms with van der Waals surface area (Å²) in [6, 6.07) is 8.53. The molecule has 1 rings (SSSR count). The molecule has 2 heteroatoms. The van der Waals surface area contributed by atoms with E-state index in [9.17, 15) is 0 Å². The number of rotatable bonds is 22. The molecular weight excluding hydrogens is 390 g/mol. The Morgan fingerprint density at radius 2 is 1.06 bits per heavy atom. The van der Waals surface area contributed by atoms with Gasteiger partial charge in [-0.1, -0.05) is 122 Å². The number of benzene rings is 1. The van der Waals surface area contributed by atoms with Crippen LogP contribution >= 0.6 is 0 Å². The SMILES string of the molecule is CCCCCCCCCCCCCCCCCCCC[N+](C)(C)Cc1cccc(OC)c1. The zero-order valence-corrected chi connectivity index (χ0v) is 22.3. The van der Waals surface area contributed by atoms with Crippen LogP contribution in [-0.4, -0.2) is 32.2 Å². The van der Waals surface area contributed by atoms with Gasteiger partial charge in [0.15, 0.2) is 0 Å². The van der Waals surface area contributed by atoms with Crippen molar-refractivity contribution in [1.82, 2.24) is 0 Å². The molecule has 0 N–H and O–H groups in total. The molecule has 0 saturated carbocycles. The average Bonchev–Trinajstić information content (AvgIpc) is 2.78. The first-order valence-corrected chi connectivity index (χ1v) is 14.0. The first-order valence-electron chi connectivity index (χ1n) is 14.0. The second-order valence-corrected chi connectivity index (χ2v) is 10.7. The van der Waals surface area contributed by atoms with E-state index in [2.05, 4.69) is 39.2 Å². The highest BCUT2D eigenvalue weighted by atomic mass is 16.5. The molecular formula is C30H56NO+. The highest BCUT2D eigenvalue weighted by molar-refractivity contribution is 5.27. The smallest absolute Gasteiger partial charge is 0.119 e. The lowest BCUT2D eigenvalue weighted by atomic mass is 10.0. The number of hydrogen-bond donors (Lipinski definition) is 0. The van der Waals surface area contributed by atoms with Gasteiger partial charge in [-0.3, -0.25) is 0 Å². The van der Waals surface area contributed by atoms with E-state index in [0.29, 0.717) is 0 Å². The number of methoxy groups -OCH3 is 1. The lowest BCUT2D eigenvalue weighted by Crippen LogP contribution is -2.39. The van der Waals surface area contributed by atoms with Gasteiger partial charge in [-0.15, -0.1) is 0 Å². The van der Waals surface area contributed by atoms with Crippen molar-refractivity contribution in [2.24, 2.45) is 0 Å². The van der Waals surface area contributed by atoms with Crippen molar-refractivity contribution < 1.29 is 9.22 Å². The maximum atomic E-state index is 5.36. The Labute approximate surface area is 201 Å². The molecule has 0 heterocycles. The summed E-state index contributed by atoms with van der Waals surface area (Å²) >= 11 is 0. The van der Waals surface area contributed by atoms with E-state index in [-0.39, 0.29) is 0 Å². The van der Waals surface area contributed by atoms with Crippen LogP contribution in [0.2, 0.25) is 0 Å². The van der Waals surface area contributed by atoms with E-state index in [0.717, 1.165) is 16.8 Å². The van der Waals surface area contributed by atoms with Crippen LogP contribution in [0.15, 0.2) is 24.3 Å². The third-order valence-electron chi connectivity index (χ3n) is 6.86. The van der Waals surface area contributed by atoms with Crippen LogP contribution in [-0.2, 0) is 6.54 Å². The second-order valence-electron chi connectivity index (χ2n) is 10.7. The molecule has 0 spiro atoms. The maximum Gasteiger partial charge on any atom is 0.119 e. The summed E-state index contributed by atoms with van der Waals surface area (Å²) in [5.41, 5.74) is 1.37. The van der Waals surface area contributed by atoms with E-state index in [1.165, 1.54) is 128 Å². The van der Waals surface area contributed by atoms with Crippen molar-refractivity contribution in [3.05, 3.63) is 29.8 Å². The summed E-state index contributed by atoms with van der Waals surface area (Å²) in [6.45, 7) is 4.64. The predicted molar refractivity (Wildman–Crippen MR) is 142 cm³/mol. The minimum atomic E-state index is 0.968. The Hall–Kier alpha value is -1.02. The highest BCUT2D eigenvalue weighted by Gasteiger charge is 2.15. The van der Waals surface area contributed by atoms with Crippen molar-refractivity contribution in [1.29, 1.82) is 0 Å². The van der Waals surface area contributed by atoms with Crippen molar-refractivity contribution in [2.75, 3.05) is 27.7 Å². The fourth-order valence-electron chi connectivity index (χ4n) is 4.79. The fourth-order valence-corrected chi connectivity index (χ4v) is 4.79. The van der Waals surface area contributed by atoms with Crippen LogP contribution in [0.1, 0.15) is 128 Å². The van der Waals surface area contributed by atoms with Crippen molar-refractivity contribution in [3.8, 4) is 5.75 Å². The van der Waals surface area contributed by atoms with Gasteiger partial charge in [0.1, 0.15) is 12.3 Å². The number of nitrogens with zero attached hydrogens (tertiary/aromatic N) is 1. The quantitative estimate of drug-likeness (QED) is 0.127. The van der Waals surface area contributed by atoms with Crippen LogP contribution in [0.5, 0.6) is 5.75 Å². The number of hydrogen-bond acceptors (Lipinski definition) is 1. The average molecular weight is 447 g/mol. The van der Waals surface area contributed by atoms with Crippen molar-refractivity contribution in [3.63, 3.8) is 0 Å². The lowest BCUT2D eigenvalue weighted by molar-refractivity contribution is -0.903. The lowest BCUT2D eigenvalue weighted by Gasteiger charge is -2.30. The van der Waals surface area contributed by atoms with E-state index >= 15 is 0 Å². The molecule has 0 bridgehead atoms. The largest absolute Gasteiger partial charge is 0.497 e. The summed E-state index contributed by atoms with van der Waals surface area (Å²) in [5.74, 6) is 0.968. The monoisotopic (exact) mass is 446 g/mol. The summed E-state index contributed by atoms with van der Waals surface area (Å²) in [5, 5.41) is 0. The van der Waals surface area contributed by atoms with Gasteiger partial charge >= 0.3 is 0 Å². The molecule has 186 valence electrons. The zero-order chi connectivity index (χ0) is 23.3. The Bertz CT molecular complexity index is 539. The summed E-state index contributed by atoms with van der Waals surface area (Å²) in [6.07, 6.45) is 25.9. The topological polar surface area (TPSA) is 9.23 Å². The van der Waals surface area contributed by atoms with Crippen LogP contribution in [0.25, 0.3) is 0 Å². The molecule has 1 aromatic rings. The second kappa shape index (κ2) is 19.4. The molecule has 0 aliphatic heterocycles. The molecule has 0 aromatic heterocycles. The van der Waals surface area contributed by atoms with E-state index < -0.39 is 0 Å². The Kier molecular flexibility index (Phi) is 17.6. The number of unbranched alkanes of at least 4 members (excludes halogenated alkanes) is 17. The Morgan fingerprint density at radius 1 is 0.625 bits per heavy atom. The van der Waals surface area contributed by atoms with Gasteiger partial charge in [-0.25, -0.2) is 0 Å². The Morgan fingerprint density at radius 3 is 1.50 bits per heavy atom. The van der Waals surface area contributed by atoms with Crippen LogP contribution in [0, 0.1) is 0 Å². The van der Waals surface area contributed by atoms with Gasteiger partial charge in [0.2, 0.25) is 0 Å². The fraction of sp³-hybridized carbons (Fsp3) is 0.800. The minimum Gasteiger partial charge on any atom is -0.497 e. The third kappa shape index (κ3) is 16.6. The van der Waals surface area contributed by atoms with Gasteiger partial charge in [0, 0.05) is 5.56 Å². The summed E-state index contributed by atoms with van der Waals surface area (Å²) in [7, 11) is 6.46. The van der Waals surface area contributed by atoms with Crippen LogP contribution in [0.4, 0.5) is 0 Å². The molecule has 0 fully saturated rings. The van der Waals surface area contributed by atoms with Gasteiger partial charge in [-0.05, 0) is 25.0 Å². The third-order valence-corrected chi connectivity index (χ3v) is 6.86. The molecule has 0 aliphatic rings. The maximum absolute atomic E-state index is 5.36. The van der Waals surface area contributed by atoms with E-state index in [1.54, 1.807) is 7.11 Å². The highest BCUT2D eigenvalue weighted by Crippen LogP contribution is 2.18. The normalized spacial score (nSPS) is 11.8. The molecule has 32 heavy (non-hydrogen) atoms. The van der Waals surface area contributed by atoms with Gasteiger partial charge in [0.05, 0.1) is 27.7 Å². The zero-order valence-electron chi connectivity index (χ0n) is 22.3. The van der Waals surface area contributed by atoms with Crippen LogP contribution in [0.3, 0.4) is 0 Å². The van der Waals surface area contributed by atoms with Crippen molar-refractivity contribution in [2.45, 2.75) is 129 Å². The summed E-state index contributed by atoms with van der Waals surface area (Å²) < 4.78 is 6.42. The molecule has 0 amide bonds. The van der Waals surface area contributed by atoms with Crippen LogP contribution < -0.4 is 4.74 Å². The first-order chi connectivity index (χ1) is 15.6. The molecule has 0 radical (unpaired) electrons. The van der Waals surface area contributed by atoms with E-state index in [1.807, 2.05) is 6.07 Å². The number of quaternary nitrogens is 1. The molecule has 2 nitrogen and oxygen atoms in total. The molecule has 0 saturated heterocycles. The number of ether oxygens (including phenoxy) is 1. The summed E-state index contributed by atoms with van der Waals surface area (Å²) in [4.78, 5) is 0.